The van der Waals surface area contributed by atoms with Crippen molar-refractivity contribution >= 4 is 17.4 Å². The van der Waals surface area contributed by atoms with Crippen molar-refractivity contribution in [3.8, 4) is 0 Å². The van der Waals surface area contributed by atoms with E-state index in [1.54, 1.807) is 0 Å². The first kappa shape index (κ1) is 13.6. The van der Waals surface area contributed by atoms with E-state index in [4.69, 9.17) is 16.3 Å². The van der Waals surface area contributed by atoms with E-state index in [1.807, 2.05) is 6.92 Å². The Balaban J connectivity index is 2.06. The smallest absolute Gasteiger partial charge is 0.137 e. The maximum Gasteiger partial charge on any atom is 0.137 e. The molecule has 0 saturated carbocycles. The molecule has 0 aliphatic carbocycles. The number of nitrogens with zero attached hydrogens (tertiary/aromatic N) is 3. The first-order valence-corrected chi connectivity index (χ1v) is 6.93. The largest absolute Gasteiger partial charge is 0.376 e. The van der Waals surface area contributed by atoms with Gasteiger partial charge in [-0.05, 0) is 26.2 Å². The van der Waals surface area contributed by atoms with Gasteiger partial charge in [0.1, 0.15) is 17.3 Å². The summed E-state index contributed by atoms with van der Waals surface area (Å²) in [4.78, 5) is 10.6. The van der Waals surface area contributed by atoms with Crippen LogP contribution in [0.2, 0.25) is 5.15 Å². The Morgan fingerprint density at radius 1 is 1.50 bits per heavy atom. The van der Waals surface area contributed by atoms with Crippen molar-refractivity contribution in [2.75, 3.05) is 24.6 Å². The first-order valence-electron chi connectivity index (χ1n) is 6.56. The van der Waals surface area contributed by atoms with Gasteiger partial charge in [-0.1, -0.05) is 18.5 Å². The molecular weight excluding hydrogens is 250 g/mol. The SMILES string of the molecule is CCCOC1CCCN(c2ncnc(Cl)c2C)C1. The summed E-state index contributed by atoms with van der Waals surface area (Å²) in [5, 5.41) is 0.539. The molecule has 1 atom stereocenters. The minimum atomic E-state index is 0.312. The molecule has 1 aliphatic rings. The second-order valence-corrected chi connectivity index (χ2v) is 5.05. The molecule has 1 saturated heterocycles. The predicted octanol–water partition coefficient (Wildman–Crippen LogP) is 2.83. The number of anilines is 1. The average molecular weight is 270 g/mol. The molecule has 5 heteroatoms. The normalized spacial score (nSPS) is 20.2. The van der Waals surface area contributed by atoms with Gasteiger partial charge in [0.25, 0.3) is 0 Å². The molecule has 2 rings (SSSR count). The Hall–Kier alpha value is -0.870. The van der Waals surface area contributed by atoms with Crippen LogP contribution in [0.1, 0.15) is 31.7 Å². The summed E-state index contributed by atoms with van der Waals surface area (Å²) in [6, 6.07) is 0. The number of rotatable bonds is 4. The van der Waals surface area contributed by atoms with Gasteiger partial charge in [-0.2, -0.15) is 0 Å². The highest BCUT2D eigenvalue weighted by molar-refractivity contribution is 6.30. The monoisotopic (exact) mass is 269 g/mol. The summed E-state index contributed by atoms with van der Waals surface area (Å²) in [5.41, 5.74) is 0.954. The summed E-state index contributed by atoms with van der Waals surface area (Å²) < 4.78 is 5.84. The highest BCUT2D eigenvalue weighted by atomic mass is 35.5. The first-order chi connectivity index (χ1) is 8.72. The van der Waals surface area contributed by atoms with Crippen LogP contribution in [-0.4, -0.2) is 35.8 Å². The average Bonchev–Trinajstić information content (AvgIpc) is 2.40. The van der Waals surface area contributed by atoms with Crippen LogP contribution in [0.3, 0.4) is 0 Å². The van der Waals surface area contributed by atoms with E-state index in [2.05, 4.69) is 21.8 Å². The van der Waals surface area contributed by atoms with Gasteiger partial charge in [0.05, 0.1) is 6.10 Å². The highest BCUT2D eigenvalue weighted by Crippen LogP contribution is 2.25. The van der Waals surface area contributed by atoms with E-state index in [0.29, 0.717) is 11.3 Å². The highest BCUT2D eigenvalue weighted by Gasteiger charge is 2.23. The second kappa shape index (κ2) is 6.34. The van der Waals surface area contributed by atoms with Gasteiger partial charge in [-0.15, -0.1) is 0 Å². The number of hydrogen-bond acceptors (Lipinski definition) is 4. The summed E-state index contributed by atoms with van der Waals surface area (Å²) in [7, 11) is 0. The quantitative estimate of drug-likeness (QED) is 0.788. The van der Waals surface area contributed by atoms with Gasteiger partial charge in [-0.25, -0.2) is 9.97 Å². The molecular formula is C13H20ClN3O. The van der Waals surface area contributed by atoms with Crippen LogP contribution < -0.4 is 4.90 Å². The Morgan fingerprint density at radius 3 is 3.11 bits per heavy atom. The number of piperidine rings is 1. The molecule has 2 heterocycles. The lowest BCUT2D eigenvalue weighted by atomic mass is 10.1. The third kappa shape index (κ3) is 3.12. The van der Waals surface area contributed by atoms with Gasteiger partial charge in [0, 0.05) is 25.3 Å². The fourth-order valence-electron chi connectivity index (χ4n) is 2.29. The molecule has 18 heavy (non-hydrogen) atoms. The van der Waals surface area contributed by atoms with Crippen molar-refractivity contribution < 1.29 is 4.74 Å². The van der Waals surface area contributed by atoms with Gasteiger partial charge in [0.15, 0.2) is 0 Å². The Morgan fingerprint density at radius 2 is 2.33 bits per heavy atom. The van der Waals surface area contributed by atoms with E-state index >= 15 is 0 Å². The predicted molar refractivity (Wildman–Crippen MR) is 73.3 cm³/mol. The summed E-state index contributed by atoms with van der Waals surface area (Å²) in [6.07, 6.45) is 5.17. The molecule has 1 aromatic rings. The van der Waals surface area contributed by atoms with Crippen LogP contribution in [0.4, 0.5) is 5.82 Å². The van der Waals surface area contributed by atoms with Crippen molar-refractivity contribution in [3.63, 3.8) is 0 Å². The van der Waals surface area contributed by atoms with Crippen LogP contribution in [0.25, 0.3) is 0 Å². The van der Waals surface area contributed by atoms with Crippen molar-refractivity contribution in [3.05, 3.63) is 17.0 Å². The van der Waals surface area contributed by atoms with E-state index < -0.39 is 0 Å². The van der Waals surface area contributed by atoms with Crippen LogP contribution in [0, 0.1) is 6.92 Å². The molecule has 1 aliphatic heterocycles. The van der Waals surface area contributed by atoms with Crippen LogP contribution in [0.15, 0.2) is 6.33 Å². The molecule has 1 fully saturated rings. The molecule has 0 spiro atoms. The lowest BCUT2D eigenvalue weighted by Crippen LogP contribution is -2.40. The van der Waals surface area contributed by atoms with Gasteiger partial charge < -0.3 is 9.64 Å². The lowest BCUT2D eigenvalue weighted by Gasteiger charge is -2.34. The number of aromatic nitrogens is 2. The molecule has 0 aromatic carbocycles. The van der Waals surface area contributed by atoms with Crippen LogP contribution >= 0.6 is 11.6 Å². The number of hydrogen-bond donors (Lipinski definition) is 0. The number of halogens is 1. The van der Waals surface area contributed by atoms with E-state index in [-0.39, 0.29) is 0 Å². The maximum atomic E-state index is 6.04. The van der Waals surface area contributed by atoms with Gasteiger partial charge >= 0.3 is 0 Å². The minimum Gasteiger partial charge on any atom is -0.376 e. The zero-order valence-corrected chi connectivity index (χ0v) is 11.8. The minimum absolute atomic E-state index is 0.312. The maximum absolute atomic E-state index is 6.04. The molecule has 0 amide bonds. The molecule has 0 bridgehead atoms. The molecule has 1 aromatic heterocycles. The molecule has 0 N–H and O–H groups in total. The summed E-state index contributed by atoms with van der Waals surface area (Å²) >= 11 is 6.04. The molecule has 0 radical (unpaired) electrons. The van der Waals surface area contributed by atoms with Crippen molar-refractivity contribution in [2.24, 2.45) is 0 Å². The Kier molecular flexibility index (Phi) is 4.78. The molecule has 1 unspecified atom stereocenters. The van der Waals surface area contributed by atoms with Gasteiger partial charge in [0.2, 0.25) is 0 Å². The molecule has 4 nitrogen and oxygen atoms in total. The summed E-state index contributed by atoms with van der Waals surface area (Å²) in [5.74, 6) is 0.944. The van der Waals surface area contributed by atoms with E-state index in [9.17, 15) is 0 Å². The topological polar surface area (TPSA) is 38.2 Å². The second-order valence-electron chi connectivity index (χ2n) is 4.69. The van der Waals surface area contributed by atoms with Crippen molar-refractivity contribution in [2.45, 2.75) is 39.2 Å². The van der Waals surface area contributed by atoms with E-state index in [0.717, 1.165) is 50.3 Å². The Bertz CT molecular complexity index is 400. The zero-order chi connectivity index (χ0) is 13.0. The third-order valence-electron chi connectivity index (χ3n) is 3.23. The zero-order valence-electron chi connectivity index (χ0n) is 11.0. The standard InChI is InChI=1S/C13H20ClN3O/c1-3-7-18-11-5-4-6-17(8-11)13-10(2)12(14)15-9-16-13/h9,11H,3-8H2,1-2H3. The van der Waals surface area contributed by atoms with Crippen LogP contribution in [0.5, 0.6) is 0 Å². The number of ether oxygens (including phenoxy) is 1. The molecule has 100 valence electrons. The fourth-order valence-corrected chi connectivity index (χ4v) is 2.42. The lowest BCUT2D eigenvalue weighted by molar-refractivity contribution is 0.0439. The third-order valence-corrected chi connectivity index (χ3v) is 3.61. The van der Waals surface area contributed by atoms with E-state index in [1.165, 1.54) is 6.33 Å². The van der Waals surface area contributed by atoms with Crippen LogP contribution in [-0.2, 0) is 4.74 Å². The van der Waals surface area contributed by atoms with Crippen molar-refractivity contribution in [1.29, 1.82) is 0 Å². The van der Waals surface area contributed by atoms with Gasteiger partial charge in [-0.3, -0.25) is 0 Å². The fraction of sp³-hybridized carbons (Fsp3) is 0.692. The van der Waals surface area contributed by atoms with Crippen molar-refractivity contribution in [1.82, 2.24) is 9.97 Å². The Labute approximate surface area is 113 Å². The summed E-state index contributed by atoms with van der Waals surface area (Å²) in [6.45, 7) is 6.85.